The number of hydrogen-bond donors (Lipinski definition) is 2. The van der Waals surface area contributed by atoms with E-state index >= 15 is 0 Å². The number of aromatic nitrogens is 1. The quantitative estimate of drug-likeness (QED) is 0.482. The Morgan fingerprint density at radius 1 is 1.64 bits per heavy atom. The van der Waals surface area contributed by atoms with Crippen LogP contribution in [-0.4, -0.2) is 25.3 Å². The maximum Gasteiger partial charge on any atom is 0.212 e. The lowest BCUT2D eigenvalue weighted by atomic mass is 10.3. The van der Waals surface area contributed by atoms with Crippen LogP contribution in [0.5, 0.6) is 0 Å². The minimum atomic E-state index is 0.737. The Kier molecular flexibility index (Phi) is 2.70. The van der Waals surface area contributed by atoms with E-state index in [0.717, 1.165) is 24.6 Å². The number of rotatable bonds is 2. The molecule has 1 aromatic heterocycles. The summed E-state index contributed by atoms with van der Waals surface area (Å²) in [6.45, 7) is 1.70. The summed E-state index contributed by atoms with van der Waals surface area (Å²) in [4.78, 5) is 7.11. The molecule has 0 radical (unpaired) electrons. The van der Waals surface area contributed by atoms with Crippen molar-refractivity contribution in [3.8, 4) is 0 Å². The number of aliphatic imine (C=N–C) groups is 1. The van der Waals surface area contributed by atoms with Gasteiger partial charge in [0.1, 0.15) is 0 Å². The van der Waals surface area contributed by atoms with E-state index in [1.807, 2.05) is 24.5 Å². The lowest BCUT2D eigenvalue weighted by molar-refractivity contribution is -0.378. The van der Waals surface area contributed by atoms with E-state index in [0.29, 0.717) is 0 Å². The number of guanidine groups is 1. The third-order valence-electron chi connectivity index (χ3n) is 1.79. The highest BCUT2D eigenvalue weighted by molar-refractivity contribution is 5.84. The third-order valence-corrected chi connectivity index (χ3v) is 1.79. The van der Waals surface area contributed by atoms with Crippen LogP contribution in [0.4, 0.5) is 0 Å². The van der Waals surface area contributed by atoms with Crippen LogP contribution in [0.15, 0.2) is 34.6 Å². The molecule has 0 atom stereocenters. The summed E-state index contributed by atoms with van der Waals surface area (Å²) in [6, 6.07) is 3.89. The molecule has 1 aromatic rings. The van der Waals surface area contributed by atoms with Gasteiger partial charge in [-0.1, -0.05) is 0 Å². The van der Waals surface area contributed by atoms with Crippen LogP contribution in [0.3, 0.4) is 0 Å². The van der Waals surface area contributed by atoms with Gasteiger partial charge in [0.15, 0.2) is 12.4 Å². The van der Waals surface area contributed by atoms with Crippen LogP contribution in [0, 0.1) is 0 Å². The fourth-order valence-electron chi connectivity index (χ4n) is 1.13. The zero-order chi connectivity index (χ0) is 9.64. The minimum absolute atomic E-state index is 0.737. The number of nitrogens with one attached hydrogen (secondary N) is 3. The van der Waals surface area contributed by atoms with Crippen molar-refractivity contribution in [3.63, 3.8) is 0 Å². The molecule has 0 aromatic carbocycles. The van der Waals surface area contributed by atoms with Gasteiger partial charge in [0.25, 0.3) is 0 Å². The second-order valence-corrected chi connectivity index (χ2v) is 2.86. The number of H-pyrrole nitrogens is 1. The Hall–Kier alpha value is -1.91. The summed E-state index contributed by atoms with van der Waals surface area (Å²) in [5.41, 5.74) is 3.84. The van der Waals surface area contributed by atoms with Crippen molar-refractivity contribution in [1.29, 1.82) is 0 Å². The Morgan fingerprint density at radius 2 is 2.64 bits per heavy atom. The Balaban J connectivity index is 1.88. The summed E-state index contributed by atoms with van der Waals surface area (Å²) in [6.07, 6.45) is 5.46. The van der Waals surface area contributed by atoms with Crippen LogP contribution >= 0.6 is 0 Å². The molecule has 72 valence electrons. The van der Waals surface area contributed by atoms with Gasteiger partial charge in [0.2, 0.25) is 5.96 Å². The molecule has 5 heteroatoms. The second kappa shape index (κ2) is 4.36. The van der Waals surface area contributed by atoms with E-state index in [9.17, 15) is 0 Å². The Morgan fingerprint density at radius 3 is 3.36 bits per heavy atom. The minimum Gasteiger partial charge on any atom is -0.353 e. The summed E-state index contributed by atoms with van der Waals surface area (Å²) < 4.78 is 0. The van der Waals surface area contributed by atoms with E-state index in [2.05, 4.69) is 25.8 Å². The second-order valence-electron chi connectivity index (χ2n) is 2.86. The van der Waals surface area contributed by atoms with E-state index in [4.69, 9.17) is 0 Å². The highest BCUT2D eigenvalue weighted by Gasteiger charge is 2.01. The van der Waals surface area contributed by atoms with Crippen molar-refractivity contribution >= 4 is 12.2 Å². The highest BCUT2D eigenvalue weighted by atomic mass is 15.4. The van der Waals surface area contributed by atoms with Crippen LogP contribution in [0.2, 0.25) is 0 Å². The van der Waals surface area contributed by atoms with Crippen molar-refractivity contribution in [2.24, 2.45) is 10.1 Å². The first-order valence-electron chi connectivity index (χ1n) is 4.49. The van der Waals surface area contributed by atoms with Gasteiger partial charge in [-0.25, -0.2) is 15.4 Å². The van der Waals surface area contributed by atoms with Gasteiger partial charge in [-0.05, 0) is 6.07 Å². The number of hydrazone groups is 1. The van der Waals surface area contributed by atoms with E-state index in [-0.39, 0.29) is 0 Å². The maximum atomic E-state index is 4.14. The summed E-state index contributed by atoms with van der Waals surface area (Å²) >= 11 is 0. The maximum absolute atomic E-state index is 4.14. The molecule has 0 unspecified atom stereocenters. The van der Waals surface area contributed by atoms with Gasteiger partial charge >= 0.3 is 0 Å². The van der Waals surface area contributed by atoms with Crippen molar-refractivity contribution in [1.82, 2.24) is 10.7 Å². The number of aromatic amines is 1. The zero-order valence-corrected chi connectivity index (χ0v) is 7.70. The Labute approximate surface area is 82.0 Å². The Bertz CT molecular complexity index is 343. The normalized spacial score (nSPS) is 15.3. The van der Waals surface area contributed by atoms with Crippen LogP contribution < -0.4 is 15.7 Å². The molecule has 0 saturated carbocycles. The molecule has 0 spiro atoms. The molecule has 1 aliphatic rings. The monoisotopic (exact) mass is 190 g/mol. The average Bonchev–Trinajstić information content (AvgIpc) is 2.72. The lowest BCUT2D eigenvalue weighted by Gasteiger charge is -1.97. The molecule has 3 N–H and O–H groups in total. The molecule has 2 heterocycles. The summed E-state index contributed by atoms with van der Waals surface area (Å²) in [5, 5.41) is 7.10. The topological polar surface area (TPSA) is 62.9 Å². The first kappa shape index (κ1) is 8.68. The van der Waals surface area contributed by atoms with Crippen LogP contribution in [0.25, 0.3) is 0 Å². The van der Waals surface area contributed by atoms with E-state index < -0.39 is 0 Å². The predicted molar refractivity (Wildman–Crippen MR) is 54.0 cm³/mol. The smallest absolute Gasteiger partial charge is 0.212 e. The number of hydrogen-bond acceptors (Lipinski definition) is 4. The van der Waals surface area contributed by atoms with Gasteiger partial charge in [0, 0.05) is 12.6 Å². The van der Waals surface area contributed by atoms with Crippen molar-refractivity contribution in [3.05, 3.63) is 30.1 Å². The van der Waals surface area contributed by atoms with Crippen LogP contribution in [-0.2, 0) is 0 Å². The van der Waals surface area contributed by atoms with Gasteiger partial charge in [0.05, 0.1) is 18.3 Å². The molecule has 0 bridgehead atoms. The molecule has 0 amide bonds. The SMILES string of the molecule is C(=NNC1=NCCN1)c1ccc[nH+]c1. The molecular weight excluding hydrogens is 178 g/mol. The third kappa shape index (κ3) is 2.29. The van der Waals surface area contributed by atoms with Gasteiger partial charge in [-0.15, -0.1) is 0 Å². The molecule has 1 aliphatic heterocycles. The fourth-order valence-corrected chi connectivity index (χ4v) is 1.13. The van der Waals surface area contributed by atoms with E-state index in [1.54, 1.807) is 6.21 Å². The van der Waals surface area contributed by atoms with Crippen molar-refractivity contribution < 1.29 is 4.98 Å². The molecule has 2 rings (SSSR count). The molecule has 0 aliphatic carbocycles. The molecule has 0 saturated heterocycles. The number of pyridine rings is 1. The van der Waals surface area contributed by atoms with Crippen molar-refractivity contribution in [2.45, 2.75) is 0 Å². The van der Waals surface area contributed by atoms with Crippen molar-refractivity contribution in [2.75, 3.05) is 13.1 Å². The average molecular weight is 190 g/mol. The molecular formula is C9H12N5+. The largest absolute Gasteiger partial charge is 0.353 e. The summed E-state index contributed by atoms with van der Waals surface area (Å²) in [7, 11) is 0. The fraction of sp³-hybridized carbons (Fsp3) is 0.222. The standard InChI is InChI=1S/C9H11N5/c1-2-8(6-10-3-1)7-13-14-9-11-4-5-12-9/h1-3,6-7H,4-5H2,(H2,11,12,14)/p+1. The van der Waals surface area contributed by atoms with Crippen LogP contribution in [0.1, 0.15) is 5.56 Å². The number of nitrogens with zero attached hydrogens (tertiary/aromatic N) is 2. The lowest BCUT2D eigenvalue weighted by Crippen LogP contribution is -2.30. The molecule has 5 nitrogen and oxygen atoms in total. The summed E-state index contributed by atoms with van der Waals surface area (Å²) in [5.74, 6) is 0.737. The first-order chi connectivity index (χ1) is 6.95. The van der Waals surface area contributed by atoms with Gasteiger partial charge in [-0.3, -0.25) is 0 Å². The van der Waals surface area contributed by atoms with Gasteiger partial charge < -0.3 is 5.32 Å². The predicted octanol–water partition coefficient (Wildman–Crippen LogP) is -0.617. The van der Waals surface area contributed by atoms with E-state index in [1.165, 1.54) is 0 Å². The molecule has 0 fully saturated rings. The molecule has 14 heavy (non-hydrogen) atoms. The van der Waals surface area contributed by atoms with Gasteiger partial charge in [-0.2, -0.15) is 5.10 Å². The highest BCUT2D eigenvalue weighted by Crippen LogP contribution is 1.87. The zero-order valence-electron chi connectivity index (χ0n) is 7.70. The first-order valence-corrected chi connectivity index (χ1v) is 4.49.